The van der Waals surface area contributed by atoms with Crippen LogP contribution in [0.15, 0.2) is 23.8 Å². The van der Waals surface area contributed by atoms with Crippen molar-refractivity contribution in [3.63, 3.8) is 0 Å². The van der Waals surface area contributed by atoms with Gasteiger partial charge in [-0.1, -0.05) is 11.6 Å². The van der Waals surface area contributed by atoms with Crippen LogP contribution in [0.3, 0.4) is 0 Å². The molecule has 114 valence electrons. The minimum atomic E-state index is -0.434. The maximum absolute atomic E-state index is 10.4. The second-order valence-corrected chi connectivity index (χ2v) is 7.13. The van der Waals surface area contributed by atoms with Gasteiger partial charge in [0, 0.05) is 41.7 Å². The molecule has 0 radical (unpaired) electrons. The molecule has 3 heterocycles. The number of halogens is 1. The van der Waals surface area contributed by atoms with Crippen molar-refractivity contribution in [2.24, 2.45) is 7.05 Å². The Morgan fingerprint density at radius 3 is 3.10 bits per heavy atom. The minimum absolute atomic E-state index is 0.432. The lowest BCUT2D eigenvalue weighted by Gasteiger charge is -2.25. The molecule has 2 aromatic rings. The molecule has 6 heteroatoms. The zero-order valence-electron chi connectivity index (χ0n) is 12.1. The van der Waals surface area contributed by atoms with Crippen LogP contribution in [0.1, 0.15) is 35.8 Å². The molecule has 2 unspecified atom stereocenters. The van der Waals surface area contributed by atoms with Gasteiger partial charge in [0.1, 0.15) is 0 Å². The number of hydrogen-bond donors (Lipinski definition) is 1. The average Bonchev–Trinajstić information content (AvgIpc) is 3.14. The van der Waals surface area contributed by atoms with Gasteiger partial charge in [0.05, 0.1) is 17.3 Å². The Balaban J connectivity index is 1.61. The lowest BCUT2D eigenvalue weighted by molar-refractivity contribution is 0.118. The maximum Gasteiger partial charge on any atom is 0.0835 e. The van der Waals surface area contributed by atoms with E-state index in [-0.39, 0.29) is 0 Å². The van der Waals surface area contributed by atoms with E-state index in [0.717, 1.165) is 36.5 Å². The van der Waals surface area contributed by atoms with Gasteiger partial charge in [-0.2, -0.15) is 5.10 Å². The Kier molecular flexibility index (Phi) is 4.64. The van der Waals surface area contributed by atoms with Gasteiger partial charge in [0.15, 0.2) is 0 Å². The van der Waals surface area contributed by atoms with E-state index in [2.05, 4.69) is 10.00 Å². The monoisotopic (exact) mass is 325 g/mol. The highest BCUT2D eigenvalue weighted by Crippen LogP contribution is 2.30. The van der Waals surface area contributed by atoms with Gasteiger partial charge in [-0.05, 0) is 31.9 Å². The highest BCUT2D eigenvalue weighted by atomic mass is 35.5. The van der Waals surface area contributed by atoms with E-state index in [1.807, 2.05) is 24.7 Å². The van der Waals surface area contributed by atoms with E-state index in [1.165, 1.54) is 11.3 Å². The first-order chi connectivity index (χ1) is 10.1. The molecule has 1 saturated heterocycles. The summed E-state index contributed by atoms with van der Waals surface area (Å²) >= 11 is 7.70. The number of aryl methyl sites for hydroxylation is 1. The lowest BCUT2D eigenvalue weighted by Crippen LogP contribution is -2.30. The molecule has 1 aliphatic rings. The van der Waals surface area contributed by atoms with E-state index in [0.29, 0.717) is 6.04 Å². The van der Waals surface area contributed by atoms with Gasteiger partial charge in [-0.3, -0.25) is 9.58 Å². The lowest BCUT2D eigenvalue weighted by atomic mass is 10.0. The van der Waals surface area contributed by atoms with Crippen molar-refractivity contribution in [1.82, 2.24) is 14.7 Å². The molecule has 0 aliphatic carbocycles. The predicted molar refractivity (Wildman–Crippen MR) is 85.5 cm³/mol. The van der Waals surface area contributed by atoms with Crippen molar-refractivity contribution < 1.29 is 5.11 Å². The summed E-state index contributed by atoms with van der Waals surface area (Å²) in [6, 6.07) is 2.47. The fourth-order valence-electron chi connectivity index (χ4n) is 3.01. The Morgan fingerprint density at radius 2 is 2.43 bits per heavy atom. The zero-order valence-corrected chi connectivity index (χ0v) is 13.6. The number of aliphatic hydroxyl groups excluding tert-OH is 1. The van der Waals surface area contributed by atoms with E-state index < -0.39 is 6.10 Å². The van der Waals surface area contributed by atoms with Gasteiger partial charge in [-0.25, -0.2) is 0 Å². The third-order valence-electron chi connectivity index (χ3n) is 4.08. The van der Waals surface area contributed by atoms with Crippen LogP contribution in [0.5, 0.6) is 0 Å². The molecule has 0 saturated carbocycles. The predicted octanol–water partition coefficient (Wildman–Crippen LogP) is 3.22. The highest BCUT2D eigenvalue weighted by molar-refractivity contribution is 7.10. The second-order valence-electron chi connectivity index (χ2n) is 5.70. The number of nitrogens with zero attached hydrogens (tertiary/aromatic N) is 3. The molecule has 0 spiro atoms. The van der Waals surface area contributed by atoms with Crippen molar-refractivity contribution in [2.75, 3.05) is 6.54 Å². The van der Waals surface area contributed by atoms with E-state index in [9.17, 15) is 5.11 Å². The summed E-state index contributed by atoms with van der Waals surface area (Å²) in [6.07, 6.45) is 6.33. The van der Waals surface area contributed by atoms with Crippen LogP contribution >= 0.6 is 22.9 Å². The smallest absolute Gasteiger partial charge is 0.0835 e. The molecule has 0 aromatic carbocycles. The van der Waals surface area contributed by atoms with Crippen LogP contribution in [-0.4, -0.2) is 32.4 Å². The van der Waals surface area contributed by atoms with Crippen LogP contribution in [0.2, 0.25) is 5.02 Å². The van der Waals surface area contributed by atoms with Crippen molar-refractivity contribution in [3.8, 4) is 0 Å². The number of aromatic nitrogens is 2. The second kappa shape index (κ2) is 6.48. The van der Waals surface area contributed by atoms with Gasteiger partial charge in [0.25, 0.3) is 0 Å². The van der Waals surface area contributed by atoms with Crippen LogP contribution < -0.4 is 0 Å². The highest BCUT2D eigenvalue weighted by Gasteiger charge is 2.27. The molecule has 0 bridgehead atoms. The Labute approximate surface area is 134 Å². The molecule has 1 fully saturated rings. The van der Waals surface area contributed by atoms with Gasteiger partial charge in [-0.15, -0.1) is 11.3 Å². The van der Waals surface area contributed by atoms with Gasteiger partial charge < -0.3 is 5.11 Å². The number of aliphatic hydroxyl groups is 1. The van der Waals surface area contributed by atoms with Crippen LogP contribution in [0, 0.1) is 0 Å². The number of rotatable bonds is 5. The molecule has 1 N–H and O–H groups in total. The summed E-state index contributed by atoms with van der Waals surface area (Å²) in [5, 5.41) is 17.3. The molecule has 4 nitrogen and oxygen atoms in total. The fourth-order valence-corrected chi connectivity index (χ4v) is 4.11. The first kappa shape index (κ1) is 15.0. The molecule has 21 heavy (non-hydrogen) atoms. The molecule has 0 amide bonds. The first-order valence-electron chi connectivity index (χ1n) is 7.25. The summed E-state index contributed by atoms with van der Waals surface area (Å²) in [6.45, 7) is 2.03. The molecular weight excluding hydrogens is 306 g/mol. The van der Waals surface area contributed by atoms with E-state index >= 15 is 0 Å². The number of likely N-dealkylation sites (tertiary alicyclic amines) is 1. The first-order valence-corrected chi connectivity index (χ1v) is 8.51. The van der Waals surface area contributed by atoms with Crippen molar-refractivity contribution in [1.29, 1.82) is 0 Å². The molecule has 3 rings (SSSR count). The minimum Gasteiger partial charge on any atom is -0.388 e. The average molecular weight is 326 g/mol. The largest absolute Gasteiger partial charge is 0.388 e. The summed E-state index contributed by atoms with van der Waals surface area (Å²) in [5.41, 5.74) is 0.906. The van der Waals surface area contributed by atoms with Crippen molar-refractivity contribution >= 4 is 22.9 Å². The third kappa shape index (κ3) is 3.66. The molecule has 2 aromatic heterocycles. The standard InChI is InChI=1S/C15H20ClN3OS/c1-18-8-11(7-17-18)15(20)6-13-3-2-4-19(13)9-14-5-12(16)10-21-14/h5,7-8,10,13,15,20H,2-4,6,9H2,1H3. The summed E-state index contributed by atoms with van der Waals surface area (Å²) in [7, 11) is 1.87. The van der Waals surface area contributed by atoms with Crippen LogP contribution in [-0.2, 0) is 13.6 Å². The Bertz CT molecular complexity index is 597. The molecular formula is C15H20ClN3OS. The number of thiophene rings is 1. The molecule has 2 atom stereocenters. The summed E-state index contributed by atoms with van der Waals surface area (Å²) in [5.74, 6) is 0. The van der Waals surface area contributed by atoms with Crippen molar-refractivity contribution in [3.05, 3.63) is 39.3 Å². The van der Waals surface area contributed by atoms with E-state index in [1.54, 1.807) is 22.2 Å². The summed E-state index contributed by atoms with van der Waals surface area (Å²) in [4.78, 5) is 3.75. The Morgan fingerprint density at radius 1 is 1.57 bits per heavy atom. The van der Waals surface area contributed by atoms with Crippen LogP contribution in [0.4, 0.5) is 0 Å². The quantitative estimate of drug-likeness (QED) is 0.917. The van der Waals surface area contributed by atoms with Gasteiger partial charge in [0.2, 0.25) is 0 Å². The van der Waals surface area contributed by atoms with Crippen LogP contribution in [0.25, 0.3) is 0 Å². The number of hydrogen-bond acceptors (Lipinski definition) is 4. The maximum atomic E-state index is 10.4. The topological polar surface area (TPSA) is 41.3 Å². The van der Waals surface area contributed by atoms with E-state index in [4.69, 9.17) is 11.6 Å². The third-order valence-corrected chi connectivity index (χ3v) is 5.35. The normalized spacial score (nSPS) is 21.0. The zero-order chi connectivity index (χ0) is 14.8. The van der Waals surface area contributed by atoms with Gasteiger partial charge >= 0.3 is 0 Å². The summed E-state index contributed by atoms with van der Waals surface area (Å²) < 4.78 is 1.73. The van der Waals surface area contributed by atoms with Crippen molar-refractivity contribution in [2.45, 2.75) is 38.0 Å². The fraction of sp³-hybridized carbons (Fsp3) is 0.533. The SMILES string of the molecule is Cn1cc(C(O)CC2CCCN2Cc2cc(Cl)cs2)cn1. The molecule has 1 aliphatic heterocycles. The Hall–Kier alpha value is -0.880.